The van der Waals surface area contributed by atoms with Crippen molar-refractivity contribution in [2.75, 3.05) is 0 Å². The Morgan fingerprint density at radius 3 is 2.82 bits per heavy atom. The Kier molecular flexibility index (Phi) is 2.32. The zero-order chi connectivity index (χ0) is 11.9. The average Bonchev–Trinajstić information content (AvgIpc) is 2.74. The van der Waals surface area contributed by atoms with Gasteiger partial charge in [0.2, 0.25) is 6.08 Å². The molecule has 1 aliphatic rings. The van der Waals surface area contributed by atoms with Gasteiger partial charge in [-0.15, -0.1) is 0 Å². The number of halogens is 1. The predicted octanol–water partition coefficient (Wildman–Crippen LogP) is 3.54. The van der Waals surface area contributed by atoms with Gasteiger partial charge in [-0.25, -0.2) is 4.79 Å². The molecular weight excluding hydrogens is 236 g/mol. The van der Waals surface area contributed by atoms with Crippen LogP contribution in [0.1, 0.15) is 24.8 Å². The van der Waals surface area contributed by atoms with Crippen molar-refractivity contribution in [3.05, 3.63) is 35.0 Å². The number of rotatable bonds is 2. The topological polar surface area (TPSA) is 45.2 Å². The lowest BCUT2D eigenvalue weighted by Crippen LogP contribution is -2.32. The van der Waals surface area contributed by atoms with Crippen LogP contribution in [-0.4, -0.2) is 11.1 Å². The third-order valence-electron chi connectivity index (χ3n) is 3.61. The lowest BCUT2D eigenvalue weighted by Gasteiger charge is -2.37. The molecule has 0 atom stereocenters. The third-order valence-corrected chi connectivity index (χ3v) is 4.02. The molecule has 0 spiro atoms. The van der Waals surface area contributed by atoms with Crippen LogP contribution in [0.4, 0.5) is 0 Å². The minimum absolute atomic E-state index is 0.426. The Balaban J connectivity index is 2.22. The second kappa shape index (κ2) is 3.73. The molecule has 1 fully saturated rings. The fraction of sp³-hybridized carbons (Fsp3) is 0.308. The molecule has 1 aromatic carbocycles. The highest BCUT2D eigenvalue weighted by Gasteiger charge is 2.40. The molecule has 1 N–H and O–H groups in total. The monoisotopic (exact) mass is 246 g/mol. The van der Waals surface area contributed by atoms with Gasteiger partial charge in [-0.2, -0.15) is 4.99 Å². The molecule has 4 heteroatoms. The molecule has 2 aromatic rings. The molecule has 1 aromatic heterocycles. The average molecular weight is 247 g/mol. The van der Waals surface area contributed by atoms with Crippen LogP contribution >= 0.6 is 11.6 Å². The van der Waals surface area contributed by atoms with Gasteiger partial charge in [-0.3, -0.25) is 0 Å². The predicted molar refractivity (Wildman–Crippen MR) is 67.0 cm³/mol. The van der Waals surface area contributed by atoms with Crippen molar-refractivity contribution in [2.45, 2.75) is 24.8 Å². The van der Waals surface area contributed by atoms with Crippen LogP contribution in [0.5, 0.6) is 0 Å². The first-order chi connectivity index (χ1) is 8.27. The van der Waals surface area contributed by atoms with E-state index in [0.29, 0.717) is 5.02 Å². The molecule has 1 saturated carbocycles. The highest BCUT2D eigenvalue weighted by atomic mass is 35.5. The first kappa shape index (κ1) is 10.6. The molecule has 0 amide bonds. The van der Waals surface area contributed by atoms with E-state index >= 15 is 0 Å². The van der Waals surface area contributed by atoms with E-state index in [1.54, 1.807) is 6.08 Å². The summed E-state index contributed by atoms with van der Waals surface area (Å²) in [5.74, 6) is 0. The number of fused-ring (bicyclic) bond motifs is 1. The Bertz CT molecular complexity index is 621. The van der Waals surface area contributed by atoms with Gasteiger partial charge in [-0.1, -0.05) is 17.7 Å². The maximum absolute atomic E-state index is 10.6. The molecule has 0 bridgehead atoms. The summed E-state index contributed by atoms with van der Waals surface area (Å²) >= 11 is 6.41. The number of hydrogen-bond donors (Lipinski definition) is 1. The van der Waals surface area contributed by atoms with E-state index in [1.165, 1.54) is 0 Å². The molecular formula is C13H11ClN2O. The van der Waals surface area contributed by atoms with Crippen LogP contribution in [0.2, 0.25) is 5.02 Å². The number of nitrogens with zero attached hydrogens (tertiary/aromatic N) is 1. The Hall–Kier alpha value is -1.57. The molecule has 0 unspecified atom stereocenters. The molecule has 3 rings (SSSR count). The number of aromatic amines is 1. The number of isocyanates is 1. The van der Waals surface area contributed by atoms with Gasteiger partial charge in [0.25, 0.3) is 0 Å². The number of nitrogens with one attached hydrogen (secondary N) is 1. The van der Waals surface area contributed by atoms with Gasteiger partial charge in [0.1, 0.15) is 0 Å². The molecule has 86 valence electrons. The van der Waals surface area contributed by atoms with Crippen molar-refractivity contribution in [1.82, 2.24) is 4.98 Å². The van der Waals surface area contributed by atoms with E-state index in [4.69, 9.17) is 11.6 Å². The minimum atomic E-state index is -0.426. The van der Waals surface area contributed by atoms with Gasteiger partial charge in [-0.05, 0) is 37.0 Å². The van der Waals surface area contributed by atoms with Crippen molar-refractivity contribution in [1.29, 1.82) is 0 Å². The van der Waals surface area contributed by atoms with Crippen LogP contribution in [0, 0.1) is 0 Å². The van der Waals surface area contributed by atoms with Crippen LogP contribution < -0.4 is 0 Å². The Morgan fingerprint density at radius 1 is 1.35 bits per heavy atom. The largest absolute Gasteiger partial charge is 0.361 e. The van der Waals surface area contributed by atoms with Crippen LogP contribution in [0.15, 0.2) is 29.4 Å². The van der Waals surface area contributed by atoms with E-state index in [1.807, 2.05) is 24.4 Å². The number of hydrogen-bond acceptors (Lipinski definition) is 2. The van der Waals surface area contributed by atoms with Crippen molar-refractivity contribution in [2.24, 2.45) is 4.99 Å². The molecule has 1 heterocycles. The molecule has 0 radical (unpaired) electrons. The molecule has 1 aliphatic carbocycles. The summed E-state index contributed by atoms with van der Waals surface area (Å²) in [6.07, 6.45) is 6.37. The lowest BCUT2D eigenvalue weighted by molar-refractivity contribution is 0.256. The van der Waals surface area contributed by atoms with Crippen LogP contribution in [0.3, 0.4) is 0 Å². The third kappa shape index (κ3) is 1.43. The van der Waals surface area contributed by atoms with E-state index in [2.05, 4.69) is 9.98 Å². The summed E-state index contributed by atoms with van der Waals surface area (Å²) in [5.41, 5.74) is 1.52. The Morgan fingerprint density at radius 2 is 2.18 bits per heavy atom. The van der Waals surface area contributed by atoms with Crippen LogP contribution in [0.25, 0.3) is 10.9 Å². The van der Waals surface area contributed by atoms with Gasteiger partial charge >= 0.3 is 0 Å². The molecule has 3 nitrogen and oxygen atoms in total. The minimum Gasteiger partial charge on any atom is -0.361 e. The van der Waals surface area contributed by atoms with E-state index < -0.39 is 5.54 Å². The van der Waals surface area contributed by atoms with E-state index in [-0.39, 0.29) is 0 Å². The van der Waals surface area contributed by atoms with Crippen molar-refractivity contribution in [3.63, 3.8) is 0 Å². The SMILES string of the molecule is O=C=NC1(c2ccc3[nH]ccc3c2Cl)CCC1. The fourth-order valence-electron chi connectivity index (χ4n) is 2.50. The summed E-state index contributed by atoms with van der Waals surface area (Å²) in [5, 5.41) is 1.68. The zero-order valence-electron chi connectivity index (χ0n) is 9.16. The van der Waals surface area contributed by atoms with E-state index in [9.17, 15) is 4.79 Å². The van der Waals surface area contributed by atoms with Gasteiger partial charge in [0, 0.05) is 17.1 Å². The second-order valence-corrected chi connectivity index (χ2v) is 4.83. The maximum Gasteiger partial charge on any atom is 0.235 e. The number of carbonyl (C=O) groups excluding carboxylic acids is 1. The van der Waals surface area contributed by atoms with Gasteiger partial charge < -0.3 is 4.98 Å². The number of H-pyrrole nitrogens is 1. The second-order valence-electron chi connectivity index (χ2n) is 4.45. The van der Waals surface area contributed by atoms with Crippen molar-refractivity contribution in [3.8, 4) is 0 Å². The first-order valence-electron chi connectivity index (χ1n) is 5.62. The van der Waals surface area contributed by atoms with Crippen molar-refractivity contribution >= 4 is 28.6 Å². The summed E-state index contributed by atoms with van der Waals surface area (Å²) in [7, 11) is 0. The maximum atomic E-state index is 10.6. The summed E-state index contributed by atoms with van der Waals surface area (Å²) in [6, 6.07) is 5.89. The van der Waals surface area contributed by atoms with E-state index in [0.717, 1.165) is 35.7 Å². The lowest BCUT2D eigenvalue weighted by atomic mass is 9.72. The smallest absolute Gasteiger partial charge is 0.235 e. The quantitative estimate of drug-likeness (QED) is 0.639. The van der Waals surface area contributed by atoms with Crippen molar-refractivity contribution < 1.29 is 4.79 Å². The van der Waals surface area contributed by atoms with Crippen LogP contribution in [-0.2, 0) is 10.3 Å². The highest BCUT2D eigenvalue weighted by molar-refractivity contribution is 6.36. The normalized spacial score (nSPS) is 17.5. The summed E-state index contributed by atoms with van der Waals surface area (Å²) < 4.78 is 0. The zero-order valence-corrected chi connectivity index (χ0v) is 9.92. The standard InChI is InChI=1S/C13H11ClN2O/c14-12-9-4-7-15-11(9)3-2-10(12)13(16-8-17)5-1-6-13/h2-4,7,15H,1,5-6H2. The highest BCUT2D eigenvalue weighted by Crippen LogP contribution is 2.48. The number of aliphatic imine (C=N–C) groups is 1. The first-order valence-corrected chi connectivity index (χ1v) is 6.00. The van der Waals surface area contributed by atoms with Gasteiger partial charge in [0.05, 0.1) is 10.6 Å². The number of benzene rings is 1. The summed E-state index contributed by atoms with van der Waals surface area (Å²) in [4.78, 5) is 17.7. The fourth-order valence-corrected chi connectivity index (χ4v) is 2.90. The van der Waals surface area contributed by atoms with Gasteiger partial charge in [0.15, 0.2) is 0 Å². The molecule has 17 heavy (non-hydrogen) atoms. The summed E-state index contributed by atoms with van der Waals surface area (Å²) in [6.45, 7) is 0. The molecule has 0 aliphatic heterocycles. The Labute approximate surface area is 104 Å². The number of aromatic nitrogens is 1. The molecule has 0 saturated heterocycles.